The summed E-state index contributed by atoms with van der Waals surface area (Å²) in [7, 11) is 0. The van der Waals surface area contributed by atoms with Crippen molar-refractivity contribution >= 4 is 12.1 Å². The number of carbonyl (C=O) groups is 2. The van der Waals surface area contributed by atoms with Gasteiger partial charge in [-0.1, -0.05) is 36.8 Å². The van der Waals surface area contributed by atoms with Crippen molar-refractivity contribution in [3.63, 3.8) is 0 Å². The Morgan fingerprint density at radius 3 is 2.55 bits per heavy atom. The predicted octanol–water partition coefficient (Wildman–Crippen LogP) is 3.04. The number of aliphatic carboxylic acids is 1. The minimum atomic E-state index is -0.928. The Balaban J connectivity index is 1.62. The maximum absolute atomic E-state index is 12.2. The second-order valence-electron chi connectivity index (χ2n) is 6.40. The summed E-state index contributed by atoms with van der Waals surface area (Å²) in [5.41, 5.74) is 1.05. The van der Waals surface area contributed by atoms with Crippen molar-refractivity contribution in [1.29, 1.82) is 0 Å². The quantitative estimate of drug-likeness (QED) is 0.932. The van der Waals surface area contributed by atoms with Gasteiger partial charge in [0, 0.05) is 6.54 Å². The molecule has 1 aromatic rings. The molecule has 1 N–H and O–H groups in total. The number of carboxylic acids is 1. The highest BCUT2D eigenvalue weighted by molar-refractivity contribution is 5.80. The molecule has 22 heavy (non-hydrogen) atoms. The van der Waals surface area contributed by atoms with Gasteiger partial charge in [-0.3, -0.25) is 4.90 Å². The van der Waals surface area contributed by atoms with E-state index in [4.69, 9.17) is 4.74 Å². The van der Waals surface area contributed by atoms with Gasteiger partial charge in [0.15, 0.2) is 0 Å². The van der Waals surface area contributed by atoms with Crippen LogP contribution in [0.25, 0.3) is 0 Å². The third-order valence-electron chi connectivity index (χ3n) is 5.02. The molecule has 2 aliphatic rings. The zero-order chi connectivity index (χ0) is 15.6. The lowest BCUT2D eigenvalue weighted by Gasteiger charge is -2.49. The van der Waals surface area contributed by atoms with Gasteiger partial charge in [0.05, 0.1) is 0 Å². The molecule has 5 nitrogen and oxygen atoms in total. The Morgan fingerprint density at radius 2 is 1.95 bits per heavy atom. The van der Waals surface area contributed by atoms with E-state index in [0.717, 1.165) is 24.8 Å². The van der Waals surface area contributed by atoms with Gasteiger partial charge in [-0.2, -0.15) is 0 Å². The monoisotopic (exact) mass is 303 g/mol. The molecule has 118 valence electrons. The lowest BCUT2D eigenvalue weighted by atomic mass is 9.61. The van der Waals surface area contributed by atoms with E-state index in [0.29, 0.717) is 13.0 Å². The van der Waals surface area contributed by atoms with Gasteiger partial charge in [0.25, 0.3) is 0 Å². The average Bonchev–Trinajstić information content (AvgIpc) is 2.51. The molecule has 1 atom stereocenters. The minimum Gasteiger partial charge on any atom is -0.480 e. The van der Waals surface area contributed by atoms with Crippen LogP contribution in [-0.4, -0.2) is 34.7 Å². The third-order valence-corrected chi connectivity index (χ3v) is 5.02. The molecule has 1 saturated heterocycles. The van der Waals surface area contributed by atoms with Gasteiger partial charge in [0.2, 0.25) is 0 Å². The normalized spacial score (nSPS) is 22.9. The summed E-state index contributed by atoms with van der Waals surface area (Å²) in [4.78, 5) is 25.1. The summed E-state index contributed by atoms with van der Waals surface area (Å²) in [5, 5.41) is 9.45. The Morgan fingerprint density at radius 1 is 1.23 bits per heavy atom. The second-order valence-corrected chi connectivity index (χ2v) is 6.40. The van der Waals surface area contributed by atoms with Crippen molar-refractivity contribution in [3.05, 3.63) is 35.9 Å². The minimum absolute atomic E-state index is 0.152. The first kappa shape index (κ1) is 14.9. The molecule has 0 aromatic heterocycles. The number of nitrogens with zero attached hydrogens (tertiary/aromatic N) is 1. The van der Waals surface area contributed by atoms with E-state index in [2.05, 4.69) is 0 Å². The van der Waals surface area contributed by atoms with Gasteiger partial charge < -0.3 is 9.84 Å². The Labute approximate surface area is 129 Å². The summed E-state index contributed by atoms with van der Waals surface area (Å²) in [6.45, 7) is 0.651. The number of hydrogen-bond acceptors (Lipinski definition) is 3. The molecular weight excluding hydrogens is 282 g/mol. The van der Waals surface area contributed by atoms with Gasteiger partial charge in [-0.15, -0.1) is 0 Å². The number of likely N-dealkylation sites (tertiary alicyclic amines) is 1. The standard InChI is InChI=1S/C17H21NO4/c19-15(20)14-11-17(7-4-8-17)9-10-18(14)16(21)22-12-13-5-2-1-3-6-13/h1-3,5-6,14H,4,7-12H2,(H,19,20). The number of piperidine rings is 1. The molecule has 3 rings (SSSR count). The fourth-order valence-electron chi connectivity index (χ4n) is 3.51. The van der Waals surface area contributed by atoms with Gasteiger partial charge in [0.1, 0.15) is 12.6 Å². The first-order valence-electron chi connectivity index (χ1n) is 7.80. The van der Waals surface area contributed by atoms with Gasteiger partial charge in [-0.05, 0) is 36.7 Å². The third kappa shape index (κ3) is 2.93. The van der Waals surface area contributed by atoms with Gasteiger partial charge in [-0.25, -0.2) is 9.59 Å². The molecule has 1 heterocycles. The topological polar surface area (TPSA) is 66.8 Å². The Hall–Kier alpha value is -2.04. The number of ether oxygens (including phenoxy) is 1. The van der Waals surface area contributed by atoms with E-state index in [1.54, 1.807) is 0 Å². The molecule has 1 aromatic carbocycles. The molecular formula is C17H21NO4. The van der Waals surface area contributed by atoms with E-state index >= 15 is 0 Å². The summed E-state index contributed by atoms with van der Waals surface area (Å²) in [6.07, 6.45) is 4.27. The summed E-state index contributed by atoms with van der Waals surface area (Å²) < 4.78 is 5.29. The molecule has 1 saturated carbocycles. The summed E-state index contributed by atoms with van der Waals surface area (Å²) in [5.74, 6) is -0.928. The molecule has 1 aliphatic heterocycles. The number of hydrogen-bond donors (Lipinski definition) is 1. The number of carbonyl (C=O) groups excluding carboxylic acids is 1. The molecule has 0 radical (unpaired) electrons. The van der Waals surface area contributed by atoms with Crippen LogP contribution in [0.1, 0.15) is 37.7 Å². The first-order chi connectivity index (χ1) is 10.6. The van der Waals surface area contributed by atoms with E-state index in [9.17, 15) is 14.7 Å². The number of rotatable bonds is 3. The van der Waals surface area contributed by atoms with Gasteiger partial charge >= 0.3 is 12.1 Å². The van der Waals surface area contributed by atoms with Crippen molar-refractivity contribution in [2.75, 3.05) is 6.54 Å². The molecule has 5 heteroatoms. The largest absolute Gasteiger partial charge is 0.480 e. The maximum Gasteiger partial charge on any atom is 0.410 e. The number of carboxylic acid groups (broad SMARTS) is 1. The molecule has 1 aliphatic carbocycles. The van der Waals surface area contributed by atoms with Crippen LogP contribution in [0, 0.1) is 5.41 Å². The predicted molar refractivity (Wildman–Crippen MR) is 80.3 cm³/mol. The molecule has 1 unspecified atom stereocenters. The molecule has 2 fully saturated rings. The summed E-state index contributed by atoms with van der Waals surface area (Å²) in [6, 6.07) is 8.66. The lowest BCUT2D eigenvalue weighted by molar-refractivity contribution is -0.147. The van der Waals surface area contributed by atoms with Crippen molar-refractivity contribution in [3.8, 4) is 0 Å². The first-order valence-corrected chi connectivity index (χ1v) is 7.80. The van der Waals surface area contributed by atoms with Crippen molar-refractivity contribution < 1.29 is 19.4 Å². The second kappa shape index (κ2) is 5.99. The van der Waals surface area contributed by atoms with Crippen LogP contribution in [0.3, 0.4) is 0 Å². The smallest absolute Gasteiger partial charge is 0.410 e. The zero-order valence-corrected chi connectivity index (χ0v) is 12.5. The zero-order valence-electron chi connectivity index (χ0n) is 12.5. The van der Waals surface area contributed by atoms with Crippen molar-refractivity contribution in [2.45, 2.75) is 44.8 Å². The Bertz CT molecular complexity index is 553. The van der Waals surface area contributed by atoms with Crippen LogP contribution in [0.15, 0.2) is 30.3 Å². The number of benzene rings is 1. The Kier molecular flexibility index (Phi) is 4.05. The fourth-order valence-corrected chi connectivity index (χ4v) is 3.51. The highest BCUT2D eigenvalue weighted by Gasteiger charge is 2.47. The van der Waals surface area contributed by atoms with Crippen LogP contribution in [0.5, 0.6) is 0 Å². The fraction of sp³-hybridized carbons (Fsp3) is 0.529. The van der Waals surface area contributed by atoms with E-state index < -0.39 is 18.1 Å². The summed E-state index contributed by atoms with van der Waals surface area (Å²) >= 11 is 0. The maximum atomic E-state index is 12.2. The van der Waals surface area contributed by atoms with Crippen molar-refractivity contribution in [2.24, 2.45) is 5.41 Å². The van der Waals surface area contributed by atoms with Crippen LogP contribution in [-0.2, 0) is 16.1 Å². The molecule has 0 bridgehead atoms. The van der Waals surface area contributed by atoms with Crippen LogP contribution >= 0.6 is 0 Å². The van der Waals surface area contributed by atoms with E-state index in [-0.39, 0.29) is 12.0 Å². The van der Waals surface area contributed by atoms with E-state index in [1.807, 2.05) is 30.3 Å². The van der Waals surface area contributed by atoms with E-state index in [1.165, 1.54) is 11.3 Å². The van der Waals surface area contributed by atoms with Crippen molar-refractivity contribution in [1.82, 2.24) is 4.90 Å². The lowest BCUT2D eigenvalue weighted by Crippen LogP contribution is -2.55. The van der Waals surface area contributed by atoms with Crippen LogP contribution < -0.4 is 0 Å². The SMILES string of the molecule is O=C(O)C1CC2(CCC2)CCN1C(=O)OCc1ccccc1. The molecule has 1 amide bonds. The average molecular weight is 303 g/mol. The highest BCUT2D eigenvalue weighted by atomic mass is 16.6. The number of amides is 1. The van der Waals surface area contributed by atoms with Crippen LogP contribution in [0.4, 0.5) is 4.79 Å². The molecule has 1 spiro atoms. The van der Waals surface area contributed by atoms with Crippen LogP contribution in [0.2, 0.25) is 0 Å². The highest BCUT2D eigenvalue weighted by Crippen LogP contribution is 2.50.